The van der Waals surface area contributed by atoms with Crippen LogP contribution in [-0.4, -0.2) is 21.4 Å². The predicted octanol–water partition coefficient (Wildman–Crippen LogP) is 7.37. The lowest BCUT2D eigenvalue weighted by atomic mass is 9.82. The van der Waals surface area contributed by atoms with Gasteiger partial charge in [0.25, 0.3) is 0 Å². The second kappa shape index (κ2) is 7.81. The summed E-state index contributed by atoms with van der Waals surface area (Å²) in [6.45, 7) is 4.38. The van der Waals surface area contributed by atoms with Gasteiger partial charge in [-0.25, -0.2) is 4.98 Å². The van der Waals surface area contributed by atoms with Gasteiger partial charge in [0.05, 0.1) is 23.3 Å². The second-order valence-electron chi connectivity index (χ2n) is 9.41. The van der Waals surface area contributed by atoms with Gasteiger partial charge in [-0.05, 0) is 52.4 Å². The fourth-order valence-corrected chi connectivity index (χ4v) is 5.20. The smallest absolute Gasteiger partial charge is 0.133 e. The SMILES string of the molecule is CC1(C)c2ccccc2-c2c1ccc(-c1cccc(C=Nc3cccc4cccc(O)c34)n1)c2O. The maximum Gasteiger partial charge on any atom is 0.133 e. The van der Waals surface area contributed by atoms with Crippen LogP contribution < -0.4 is 0 Å². The number of aromatic nitrogens is 1. The molecule has 4 aromatic carbocycles. The van der Waals surface area contributed by atoms with Crippen LogP contribution in [0.2, 0.25) is 0 Å². The average Bonchev–Trinajstić information content (AvgIpc) is 3.11. The number of aromatic hydroxyl groups is 2. The molecule has 0 bridgehead atoms. The first kappa shape index (κ1) is 21.1. The Morgan fingerprint density at radius 1 is 0.743 bits per heavy atom. The Hall–Kier alpha value is -4.44. The minimum Gasteiger partial charge on any atom is -0.507 e. The van der Waals surface area contributed by atoms with Gasteiger partial charge in [-0.3, -0.25) is 4.99 Å². The lowest BCUT2D eigenvalue weighted by Crippen LogP contribution is -2.14. The number of rotatable bonds is 3. The van der Waals surface area contributed by atoms with Crippen LogP contribution >= 0.6 is 0 Å². The number of fused-ring (bicyclic) bond motifs is 4. The maximum atomic E-state index is 11.4. The third-order valence-electron chi connectivity index (χ3n) is 6.96. The topological polar surface area (TPSA) is 65.7 Å². The molecular weight excluding hydrogens is 432 g/mol. The molecule has 1 aliphatic carbocycles. The number of hydrogen-bond donors (Lipinski definition) is 2. The fourth-order valence-electron chi connectivity index (χ4n) is 5.20. The molecule has 1 heterocycles. The zero-order chi connectivity index (χ0) is 24.2. The van der Waals surface area contributed by atoms with Crippen LogP contribution in [0.15, 0.2) is 96.0 Å². The third kappa shape index (κ3) is 3.29. The number of benzene rings is 4. The molecule has 5 aromatic rings. The van der Waals surface area contributed by atoms with E-state index >= 15 is 0 Å². The van der Waals surface area contributed by atoms with E-state index in [0.717, 1.165) is 22.1 Å². The summed E-state index contributed by atoms with van der Waals surface area (Å²) in [5.74, 6) is 0.448. The average molecular weight is 457 g/mol. The molecule has 170 valence electrons. The number of pyridine rings is 1. The molecule has 0 amide bonds. The Morgan fingerprint density at radius 3 is 2.37 bits per heavy atom. The van der Waals surface area contributed by atoms with Crippen molar-refractivity contribution in [1.29, 1.82) is 0 Å². The number of nitrogens with zero attached hydrogens (tertiary/aromatic N) is 2. The van der Waals surface area contributed by atoms with E-state index in [-0.39, 0.29) is 16.9 Å². The minimum absolute atomic E-state index is 0.173. The van der Waals surface area contributed by atoms with Crippen molar-refractivity contribution in [3.8, 4) is 33.9 Å². The van der Waals surface area contributed by atoms with Gasteiger partial charge in [-0.15, -0.1) is 0 Å². The van der Waals surface area contributed by atoms with Crippen LogP contribution in [0.5, 0.6) is 11.5 Å². The van der Waals surface area contributed by atoms with E-state index in [4.69, 9.17) is 4.98 Å². The normalized spacial score (nSPS) is 13.8. The van der Waals surface area contributed by atoms with Crippen molar-refractivity contribution in [3.63, 3.8) is 0 Å². The summed E-state index contributed by atoms with van der Waals surface area (Å²) in [5, 5.41) is 23.4. The zero-order valence-corrected chi connectivity index (χ0v) is 19.5. The summed E-state index contributed by atoms with van der Waals surface area (Å²) in [7, 11) is 0. The molecule has 0 unspecified atom stereocenters. The Balaban J connectivity index is 1.42. The van der Waals surface area contributed by atoms with E-state index in [2.05, 4.69) is 37.0 Å². The monoisotopic (exact) mass is 456 g/mol. The number of phenols is 2. The highest BCUT2D eigenvalue weighted by Crippen LogP contribution is 2.53. The Bertz CT molecular complexity index is 1640. The van der Waals surface area contributed by atoms with E-state index in [1.807, 2.05) is 66.7 Å². The van der Waals surface area contributed by atoms with Crippen molar-refractivity contribution in [1.82, 2.24) is 4.98 Å². The van der Waals surface area contributed by atoms with Gasteiger partial charge in [-0.1, -0.05) is 74.5 Å². The predicted molar refractivity (Wildman–Crippen MR) is 142 cm³/mol. The van der Waals surface area contributed by atoms with Crippen molar-refractivity contribution in [2.24, 2.45) is 4.99 Å². The summed E-state index contributed by atoms with van der Waals surface area (Å²) in [5.41, 5.74) is 6.82. The molecular formula is C31H24N2O2. The van der Waals surface area contributed by atoms with Gasteiger partial charge >= 0.3 is 0 Å². The summed E-state index contributed by atoms with van der Waals surface area (Å²) in [6, 6.07) is 29.2. The maximum absolute atomic E-state index is 11.4. The van der Waals surface area contributed by atoms with Crippen molar-refractivity contribution in [2.45, 2.75) is 19.3 Å². The number of phenolic OH excluding ortho intramolecular Hbond substituents is 2. The van der Waals surface area contributed by atoms with Crippen LogP contribution in [0.25, 0.3) is 33.2 Å². The summed E-state index contributed by atoms with van der Waals surface area (Å²) < 4.78 is 0. The summed E-state index contributed by atoms with van der Waals surface area (Å²) in [4.78, 5) is 9.39. The van der Waals surface area contributed by atoms with E-state index in [1.165, 1.54) is 5.56 Å². The highest BCUT2D eigenvalue weighted by molar-refractivity contribution is 5.99. The molecule has 1 aromatic heterocycles. The lowest BCUT2D eigenvalue weighted by molar-refractivity contribution is 0.478. The number of hydrogen-bond acceptors (Lipinski definition) is 4. The van der Waals surface area contributed by atoms with Gasteiger partial charge in [0.2, 0.25) is 0 Å². The van der Waals surface area contributed by atoms with Crippen molar-refractivity contribution < 1.29 is 10.2 Å². The first-order chi connectivity index (χ1) is 16.9. The molecule has 0 fully saturated rings. The lowest BCUT2D eigenvalue weighted by Gasteiger charge is -2.21. The van der Waals surface area contributed by atoms with Gasteiger partial charge < -0.3 is 10.2 Å². The van der Waals surface area contributed by atoms with E-state index in [0.29, 0.717) is 28.0 Å². The van der Waals surface area contributed by atoms with E-state index < -0.39 is 0 Å². The molecule has 35 heavy (non-hydrogen) atoms. The molecule has 4 heteroatoms. The Morgan fingerprint density at radius 2 is 1.51 bits per heavy atom. The van der Waals surface area contributed by atoms with Gasteiger partial charge in [0.15, 0.2) is 0 Å². The summed E-state index contributed by atoms with van der Waals surface area (Å²) >= 11 is 0. The van der Waals surface area contributed by atoms with Crippen molar-refractivity contribution >= 4 is 22.7 Å². The van der Waals surface area contributed by atoms with Gasteiger partial charge in [0, 0.05) is 21.9 Å². The Kier molecular flexibility index (Phi) is 4.71. The highest BCUT2D eigenvalue weighted by atomic mass is 16.3. The third-order valence-corrected chi connectivity index (χ3v) is 6.96. The zero-order valence-electron chi connectivity index (χ0n) is 19.5. The molecule has 0 atom stereocenters. The highest BCUT2D eigenvalue weighted by Gasteiger charge is 2.37. The number of aliphatic imine (C=N–C) groups is 1. The van der Waals surface area contributed by atoms with Crippen LogP contribution in [0, 0.1) is 0 Å². The molecule has 1 aliphatic rings. The first-order valence-electron chi connectivity index (χ1n) is 11.6. The van der Waals surface area contributed by atoms with Crippen LogP contribution in [0.1, 0.15) is 30.7 Å². The summed E-state index contributed by atoms with van der Waals surface area (Å²) in [6.07, 6.45) is 1.69. The minimum atomic E-state index is -0.173. The van der Waals surface area contributed by atoms with E-state index in [1.54, 1.807) is 12.3 Å². The molecule has 0 saturated heterocycles. The molecule has 0 saturated carbocycles. The molecule has 0 spiro atoms. The first-order valence-corrected chi connectivity index (χ1v) is 11.6. The second-order valence-corrected chi connectivity index (χ2v) is 9.41. The van der Waals surface area contributed by atoms with E-state index in [9.17, 15) is 10.2 Å². The van der Waals surface area contributed by atoms with Crippen LogP contribution in [0.4, 0.5) is 5.69 Å². The van der Waals surface area contributed by atoms with Crippen LogP contribution in [-0.2, 0) is 5.41 Å². The largest absolute Gasteiger partial charge is 0.507 e. The van der Waals surface area contributed by atoms with Gasteiger partial charge in [-0.2, -0.15) is 0 Å². The molecule has 4 nitrogen and oxygen atoms in total. The molecule has 6 rings (SSSR count). The molecule has 0 aliphatic heterocycles. The Labute approximate surface area is 203 Å². The van der Waals surface area contributed by atoms with Crippen molar-refractivity contribution in [2.75, 3.05) is 0 Å². The van der Waals surface area contributed by atoms with Crippen LogP contribution in [0.3, 0.4) is 0 Å². The quantitative estimate of drug-likeness (QED) is 0.279. The fraction of sp³-hybridized carbons (Fsp3) is 0.0968. The standard InChI is InChI=1S/C31H24N2O2/c1-31(2)23-12-4-3-11-21(23)29-24(31)17-16-22(30(29)35)25-13-7-10-20(33-25)18-32-26-14-5-8-19-9-6-15-27(34)28(19)26/h3-18,34-35H,1-2H3. The van der Waals surface area contributed by atoms with Gasteiger partial charge in [0.1, 0.15) is 11.5 Å². The van der Waals surface area contributed by atoms with Crippen molar-refractivity contribution in [3.05, 3.63) is 108 Å². The molecule has 2 N–H and O–H groups in total. The molecule has 0 radical (unpaired) electrons.